The van der Waals surface area contributed by atoms with Gasteiger partial charge in [-0.3, -0.25) is 14.4 Å². The van der Waals surface area contributed by atoms with Gasteiger partial charge in [0.1, 0.15) is 17.3 Å². The monoisotopic (exact) mass is 632 g/mol. The molecule has 46 heavy (non-hydrogen) atoms. The Morgan fingerprint density at radius 2 is 1.30 bits per heavy atom. The molecule has 4 bridgehead atoms. The summed E-state index contributed by atoms with van der Waals surface area (Å²) in [5.41, 5.74) is -0.0111. The maximum absolute atomic E-state index is 13.4. The SMILES string of the molecule is C=CC1(C)CC(=O)C2(C)C(C)CCC3(CCC(=O)C23)[C@@H](C)C1C.C=CC1(C)C[C@@H](O)C2(C)C(C)CCC3(CCC(=O)C32)C(=C)C1C. The van der Waals surface area contributed by atoms with Gasteiger partial charge in [0.15, 0.2) is 0 Å². The van der Waals surface area contributed by atoms with E-state index in [1.54, 1.807) is 0 Å². The van der Waals surface area contributed by atoms with Crippen LogP contribution in [0.1, 0.15) is 127 Å². The summed E-state index contributed by atoms with van der Waals surface area (Å²) < 4.78 is 0. The van der Waals surface area contributed by atoms with Crippen molar-refractivity contribution in [2.75, 3.05) is 0 Å². The highest BCUT2D eigenvalue weighted by Gasteiger charge is 2.68. The Hall–Kier alpha value is -1.81. The van der Waals surface area contributed by atoms with Crippen molar-refractivity contribution in [1.29, 1.82) is 0 Å². The second-order valence-electron chi connectivity index (χ2n) is 18.3. The van der Waals surface area contributed by atoms with E-state index in [-0.39, 0.29) is 44.8 Å². The third-order valence-electron chi connectivity index (χ3n) is 17.1. The second kappa shape index (κ2) is 11.4. The average Bonchev–Trinajstić information content (AvgIpc) is 3.57. The molecule has 0 amide bonds. The van der Waals surface area contributed by atoms with Crippen LogP contribution < -0.4 is 0 Å². The van der Waals surface area contributed by atoms with Gasteiger partial charge < -0.3 is 5.11 Å². The number of hydrogen-bond acceptors (Lipinski definition) is 4. The summed E-state index contributed by atoms with van der Waals surface area (Å²) in [7, 11) is 0. The smallest absolute Gasteiger partial charge is 0.140 e. The summed E-state index contributed by atoms with van der Waals surface area (Å²) in [6.45, 7) is 32.5. The summed E-state index contributed by atoms with van der Waals surface area (Å²) in [5, 5.41) is 11.3. The number of hydrogen-bond donors (Lipinski definition) is 1. The molecule has 0 radical (unpaired) electrons. The highest BCUT2D eigenvalue weighted by molar-refractivity contribution is 5.95. The largest absolute Gasteiger partial charge is 0.392 e. The summed E-state index contributed by atoms with van der Waals surface area (Å²) in [6.07, 6.45) is 12.2. The number of carbonyl (C=O) groups excluding carboxylic acids is 3. The van der Waals surface area contributed by atoms with Crippen LogP contribution in [0.4, 0.5) is 0 Å². The van der Waals surface area contributed by atoms with Gasteiger partial charge in [0.05, 0.1) is 6.10 Å². The van der Waals surface area contributed by atoms with Crippen molar-refractivity contribution >= 4 is 17.3 Å². The van der Waals surface area contributed by atoms with Crippen molar-refractivity contribution < 1.29 is 19.5 Å². The quantitative estimate of drug-likeness (QED) is 0.308. The van der Waals surface area contributed by atoms with Crippen molar-refractivity contribution in [3.63, 3.8) is 0 Å². The van der Waals surface area contributed by atoms with Gasteiger partial charge in [0.25, 0.3) is 0 Å². The fourth-order valence-corrected chi connectivity index (χ4v) is 12.6. The Bertz CT molecular complexity index is 1310. The van der Waals surface area contributed by atoms with Crippen LogP contribution in [0.25, 0.3) is 0 Å². The molecule has 0 heterocycles. The predicted molar refractivity (Wildman–Crippen MR) is 187 cm³/mol. The molecule has 256 valence electrons. The first-order valence-corrected chi connectivity index (χ1v) is 18.5. The van der Waals surface area contributed by atoms with E-state index in [0.29, 0.717) is 66.7 Å². The molecule has 6 fully saturated rings. The Morgan fingerprint density at radius 3 is 1.91 bits per heavy atom. The third kappa shape index (κ3) is 4.50. The molecule has 0 spiro atoms. The predicted octanol–water partition coefficient (Wildman–Crippen LogP) is 9.36. The molecule has 12 unspecified atom stereocenters. The maximum Gasteiger partial charge on any atom is 0.140 e. The zero-order valence-corrected chi connectivity index (χ0v) is 30.6. The highest BCUT2D eigenvalue weighted by atomic mass is 16.3. The number of rotatable bonds is 2. The van der Waals surface area contributed by atoms with Gasteiger partial charge >= 0.3 is 0 Å². The Balaban J connectivity index is 0.000000181. The van der Waals surface area contributed by atoms with Gasteiger partial charge in [-0.15, -0.1) is 13.2 Å². The lowest BCUT2D eigenvalue weighted by Crippen LogP contribution is -2.59. The Labute approximate surface area is 280 Å². The molecule has 6 aliphatic carbocycles. The standard InChI is InChI=1S/2C21H32O2/c2*1-7-19(5)12-17(23)20(6)13(2)8-10-21(15(4)14(19)3)11-9-16(22)18(20)21/h7,13-15,18H,1,8-12H2,2-6H3;7,13-14,17-18,23H,1,4,8-12H2,2-3,5-6H3/t13?,14?,15-,18?,19?,20?,21?;13?,14?,17-,18?,19?,20?,21?/m01/s1. The first-order valence-electron chi connectivity index (χ1n) is 18.5. The van der Waals surface area contributed by atoms with E-state index in [0.717, 1.165) is 38.5 Å². The molecular formula is C42H64O4. The molecule has 14 atom stereocenters. The highest BCUT2D eigenvalue weighted by Crippen LogP contribution is 2.69. The van der Waals surface area contributed by atoms with Crippen LogP contribution in [0.5, 0.6) is 0 Å². The van der Waals surface area contributed by atoms with Crippen LogP contribution in [-0.4, -0.2) is 28.6 Å². The molecule has 6 rings (SSSR count). The Kier molecular flexibility index (Phi) is 8.78. The second-order valence-corrected chi connectivity index (χ2v) is 18.3. The van der Waals surface area contributed by atoms with Crippen molar-refractivity contribution in [3.8, 4) is 0 Å². The van der Waals surface area contributed by atoms with Gasteiger partial charge in [0, 0.05) is 47.3 Å². The lowest BCUT2D eigenvalue weighted by molar-refractivity contribution is -0.165. The molecule has 6 saturated carbocycles. The topological polar surface area (TPSA) is 71.4 Å². The molecule has 0 aromatic rings. The fraction of sp³-hybridized carbons (Fsp3) is 0.786. The summed E-state index contributed by atoms with van der Waals surface area (Å²) in [6, 6.07) is 0. The minimum absolute atomic E-state index is 0.0259. The summed E-state index contributed by atoms with van der Waals surface area (Å²) in [5.74, 6) is 2.60. The van der Waals surface area contributed by atoms with Crippen molar-refractivity contribution in [1.82, 2.24) is 0 Å². The van der Waals surface area contributed by atoms with Crippen molar-refractivity contribution in [2.45, 2.75) is 133 Å². The van der Waals surface area contributed by atoms with Crippen molar-refractivity contribution in [2.24, 2.45) is 73.9 Å². The number of ketones is 3. The molecule has 0 aromatic heterocycles. The van der Waals surface area contributed by atoms with E-state index >= 15 is 0 Å². The zero-order chi connectivity index (χ0) is 34.4. The van der Waals surface area contributed by atoms with Gasteiger partial charge in [-0.05, 0) is 90.8 Å². The van der Waals surface area contributed by atoms with E-state index in [4.69, 9.17) is 0 Å². The molecule has 0 saturated heterocycles. The molecule has 0 aromatic carbocycles. The van der Waals surface area contributed by atoms with Gasteiger partial charge in [0.2, 0.25) is 0 Å². The number of allylic oxidation sites excluding steroid dienone is 3. The fourth-order valence-electron chi connectivity index (χ4n) is 12.6. The summed E-state index contributed by atoms with van der Waals surface area (Å²) >= 11 is 0. The van der Waals surface area contributed by atoms with Crippen LogP contribution in [0.3, 0.4) is 0 Å². The van der Waals surface area contributed by atoms with Gasteiger partial charge in [-0.1, -0.05) is 86.6 Å². The minimum Gasteiger partial charge on any atom is -0.392 e. The van der Waals surface area contributed by atoms with Crippen molar-refractivity contribution in [3.05, 3.63) is 37.5 Å². The van der Waals surface area contributed by atoms with Gasteiger partial charge in [-0.2, -0.15) is 0 Å². The number of Topliss-reactive ketones (excluding diaryl/α,β-unsaturated/α-hetero) is 3. The Morgan fingerprint density at radius 1 is 0.739 bits per heavy atom. The third-order valence-corrected chi connectivity index (χ3v) is 17.1. The van der Waals surface area contributed by atoms with Gasteiger partial charge in [-0.25, -0.2) is 0 Å². The zero-order valence-electron chi connectivity index (χ0n) is 30.6. The summed E-state index contributed by atoms with van der Waals surface area (Å²) in [4.78, 5) is 39.2. The van der Waals surface area contributed by atoms with E-state index in [2.05, 4.69) is 82.1 Å². The molecule has 4 heteroatoms. The van der Waals surface area contributed by atoms with Crippen LogP contribution >= 0.6 is 0 Å². The van der Waals surface area contributed by atoms with E-state index in [9.17, 15) is 19.5 Å². The van der Waals surface area contributed by atoms with E-state index in [1.165, 1.54) is 5.57 Å². The lowest BCUT2D eigenvalue weighted by Gasteiger charge is -2.60. The molecule has 0 aliphatic heterocycles. The molecule has 6 aliphatic rings. The van der Waals surface area contributed by atoms with E-state index in [1.807, 2.05) is 12.2 Å². The molecule has 4 nitrogen and oxygen atoms in total. The minimum atomic E-state index is -0.482. The average molecular weight is 633 g/mol. The van der Waals surface area contributed by atoms with E-state index < -0.39 is 11.5 Å². The number of carbonyl (C=O) groups is 3. The normalized spacial score (nSPS) is 53.4. The first-order chi connectivity index (χ1) is 21.3. The van der Waals surface area contributed by atoms with Crippen LogP contribution in [0, 0.1) is 73.9 Å². The molecular weight excluding hydrogens is 568 g/mol. The lowest BCUT2D eigenvalue weighted by atomic mass is 9.43. The number of aliphatic hydroxyl groups excluding tert-OH is 1. The van der Waals surface area contributed by atoms with Crippen LogP contribution in [0.15, 0.2) is 37.5 Å². The maximum atomic E-state index is 13.4. The van der Waals surface area contributed by atoms with Crippen LogP contribution in [0.2, 0.25) is 0 Å². The van der Waals surface area contributed by atoms with Crippen LogP contribution in [-0.2, 0) is 14.4 Å². The number of aliphatic hydroxyl groups is 1. The molecule has 1 N–H and O–H groups in total. The first kappa shape index (κ1) is 35.5.